The highest BCUT2D eigenvalue weighted by Crippen LogP contribution is 2.20. The fraction of sp³-hybridized carbons (Fsp3) is 0.176. The number of benzene rings is 2. The van der Waals surface area contributed by atoms with Crippen LogP contribution in [0.15, 0.2) is 42.5 Å². The molecule has 3 rings (SSSR count). The highest BCUT2D eigenvalue weighted by atomic mass is 35.5. The third kappa shape index (κ3) is 3.83. The molecule has 8 heteroatoms. The lowest BCUT2D eigenvalue weighted by atomic mass is 10.1. The number of hydrogen-bond acceptors (Lipinski definition) is 4. The fourth-order valence-electron chi connectivity index (χ4n) is 2.13. The molecular formula is C17H15ClFN5O. The molecule has 0 aliphatic rings. The van der Waals surface area contributed by atoms with Gasteiger partial charge in [0.15, 0.2) is 0 Å². The molecule has 2 aromatic carbocycles. The molecule has 0 aliphatic carbocycles. The standard InChI is InChI=1S/C17H15ClFN5O/c1-10-3-5-12(6-4-10)16-21-23-24(22-16)11(2)17(25)20-13-7-8-15(19)14(18)9-13/h3-9,11H,1-2H3,(H,20,25). The quantitative estimate of drug-likeness (QED) is 0.771. The molecule has 1 amide bonds. The van der Waals surface area contributed by atoms with E-state index in [0.29, 0.717) is 11.5 Å². The van der Waals surface area contributed by atoms with Crippen molar-refractivity contribution in [1.82, 2.24) is 20.2 Å². The lowest BCUT2D eigenvalue weighted by molar-refractivity contribution is -0.119. The third-order valence-electron chi connectivity index (χ3n) is 3.65. The minimum absolute atomic E-state index is 0.0639. The highest BCUT2D eigenvalue weighted by Gasteiger charge is 2.19. The van der Waals surface area contributed by atoms with Crippen molar-refractivity contribution in [2.75, 3.05) is 5.32 Å². The summed E-state index contributed by atoms with van der Waals surface area (Å²) in [7, 11) is 0. The third-order valence-corrected chi connectivity index (χ3v) is 3.94. The van der Waals surface area contributed by atoms with E-state index in [9.17, 15) is 9.18 Å². The summed E-state index contributed by atoms with van der Waals surface area (Å²) in [5.74, 6) is -0.478. The number of nitrogens with zero attached hydrogens (tertiary/aromatic N) is 4. The summed E-state index contributed by atoms with van der Waals surface area (Å²) in [6.07, 6.45) is 0. The zero-order chi connectivity index (χ0) is 18.0. The van der Waals surface area contributed by atoms with Gasteiger partial charge in [0.25, 0.3) is 5.91 Å². The molecule has 128 valence electrons. The van der Waals surface area contributed by atoms with Crippen molar-refractivity contribution in [2.24, 2.45) is 0 Å². The maximum absolute atomic E-state index is 13.2. The first-order chi connectivity index (χ1) is 11.9. The molecule has 0 aliphatic heterocycles. The van der Waals surface area contributed by atoms with Crippen LogP contribution in [0.4, 0.5) is 10.1 Å². The molecule has 1 unspecified atom stereocenters. The number of aromatic nitrogens is 4. The van der Waals surface area contributed by atoms with E-state index in [1.54, 1.807) is 6.92 Å². The van der Waals surface area contributed by atoms with Gasteiger partial charge in [-0.15, -0.1) is 10.2 Å². The van der Waals surface area contributed by atoms with Gasteiger partial charge in [-0.1, -0.05) is 41.4 Å². The van der Waals surface area contributed by atoms with Crippen LogP contribution in [0.25, 0.3) is 11.4 Å². The maximum atomic E-state index is 13.2. The Hall–Kier alpha value is -2.80. The molecule has 1 N–H and O–H groups in total. The van der Waals surface area contributed by atoms with Gasteiger partial charge in [0.05, 0.1) is 5.02 Å². The van der Waals surface area contributed by atoms with Gasteiger partial charge in [-0.25, -0.2) is 4.39 Å². The van der Waals surface area contributed by atoms with Crippen molar-refractivity contribution in [3.8, 4) is 11.4 Å². The molecule has 3 aromatic rings. The normalized spacial score (nSPS) is 12.0. The molecule has 1 aromatic heterocycles. The Bertz CT molecular complexity index is 910. The van der Waals surface area contributed by atoms with E-state index >= 15 is 0 Å². The summed E-state index contributed by atoms with van der Waals surface area (Å²) in [6, 6.07) is 10.9. The van der Waals surface area contributed by atoms with Crippen molar-refractivity contribution in [2.45, 2.75) is 19.9 Å². The van der Waals surface area contributed by atoms with Crippen molar-refractivity contribution in [1.29, 1.82) is 0 Å². The van der Waals surface area contributed by atoms with Crippen molar-refractivity contribution < 1.29 is 9.18 Å². The Balaban J connectivity index is 1.74. The number of aryl methyl sites for hydroxylation is 1. The predicted octanol–water partition coefficient (Wildman–Crippen LogP) is 3.64. The number of nitrogens with one attached hydrogen (secondary N) is 1. The monoisotopic (exact) mass is 359 g/mol. The van der Waals surface area contributed by atoms with Crippen LogP contribution in [0.2, 0.25) is 5.02 Å². The summed E-state index contributed by atoms with van der Waals surface area (Å²) >= 11 is 5.71. The SMILES string of the molecule is Cc1ccc(-c2nnn(C(C)C(=O)Nc3ccc(F)c(Cl)c3)n2)cc1. The second kappa shape index (κ2) is 6.98. The average Bonchev–Trinajstić information content (AvgIpc) is 3.08. The first-order valence-corrected chi connectivity index (χ1v) is 7.94. The van der Waals surface area contributed by atoms with E-state index in [2.05, 4.69) is 20.7 Å². The Morgan fingerprint density at radius 1 is 1.24 bits per heavy atom. The molecule has 6 nitrogen and oxygen atoms in total. The van der Waals surface area contributed by atoms with E-state index in [1.807, 2.05) is 31.2 Å². The Morgan fingerprint density at radius 3 is 2.64 bits per heavy atom. The van der Waals surface area contributed by atoms with Gasteiger partial charge in [-0.2, -0.15) is 4.80 Å². The molecule has 0 saturated heterocycles. The summed E-state index contributed by atoms with van der Waals surface area (Å²) in [5.41, 5.74) is 2.33. The molecule has 0 saturated carbocycles. The number of carbonyl (C=O) groups excluding carboxylic acids is 1. The molecule has 1 heterocycles. The molecule has 0 bridgehead atoms. The number of halogens is 2. The van der Waals surface area contributed by atoms with Crippen molar-refractivity contribution in [3.63, 3.8) is 0 Å². The minimum Gasteiger partial charge on any atom is -0.324 e. The molecule has 1 atom stereocenters. The maximum Gasteiger partial charge on any atom is 0.250 e. The van der Waals surface area contributed by atoms with Crippen molar-refractivity contribution in [3.05, 3.63) is 58.9 Å². The van der Waals surface area contributed by atoms with Crippen LogP contribution >= 0.6 is 11.6 Å². The fourth-order valence-corrected chi connectivity index (χ4v) is 2.31. The first kappa shape index (κ1) is 17.0. The number of anilines is 1. The smallest absolute Gasteiger partial charge is 0.250 e. The van der Waals surface area contributed by atoms with Crippen LogP contribution in [-0.2, 0) is 4.79 Å². The second-order valence-corrected chi connectivity index (χ2v) is 6.00. The van der Waals surface area contributed by atoms with E-state index in [4.69, 9.17) is 11.6 Å². The summed E-state index contributed by atoms with van der Waals surface area (Å²) < 4.78 is 13.2. The van der Waals surface area contributed by atoms with Crippen LogP contribution < -0.4 is 5.32 Å². The van der Waals surface area contributed by atoms with Crippen LogP contribution in [0, 0.1) is 12.7 Å². The van der Waals surface area contributed by atoms with Gasteiger partial charge in [0.1, 0.15) is 11.9 Å². The van der Waals surface area contributed by atoms with Crippen LogP contribution in [0.5, 0.6) is 0 Å². The highest BCUT2D eigenvalue weighted by molar-refractivity contribution is 6.31. The number of rotatable bonds is 4. The van der Waals surface area contributed by atoms with Crippen molar-refractivity contribution >= 4 is 23.2 Å². The lowest BCUT2D eigenvalue weighted by Crippen LogP contribution is -2.25. The van der Waals surface area contributed by atoms with Crippen LogP contribution in [0.1, 0.15) is 18.5 Å². The summed E-state index contributed by atoms with van der Waals surface area (Å²) in [6.45, 7) is 3.63. The Morgan fingerprint density at radius 2 is 1.96 bits per heavy atom. The van der Waals surface area contributed by atoms with Crippen LogP contribution in [0.3, 0.4) is 0 Å². The van der Waals surface area contributed by atoms with Gasteiger partial charge >= 0.3 is 0 Å². The molecular weight excluding hydrogens is 345 g/mol. The van der Waals surface area contributed by atoms with Gasteiger partial charge in [-0.3, -0.25) is 4.79 Å². The van der Waals surface area contributed by atoms with E-state index in [1.165, 1.54) is 23.0 Å². The molecule has 0 fully saturated rings. The van der Waals surface area contributed by atoms with Crippen LogP contribution in [-0.4, -0.2) is 26.1 Å². The number of tetrazole rings is 1. The zero-order valence-electron chi connectivity index (χ0n) is 13.6. The largest absolute Gasteiger partial charge is 0.324 e. The summed E-state index contributed by atoms with van der Waals surface area (Å²) in [4.78, 5) is 13.6. The Labute approximate surface area is 148 Å². The van der Waals surface area contributed by atoms with E-state index in [-0.39, 0.29) is 10.9 Å². The van der Waals surface area contributed by atoms with Gasteiger partial charge < -0.3 is 5.32 Å². The van der Waals surface area contributed by atoms with E-state index < -0.39 is 11.9 Å². The number of hydrogen-bond donors (Lipinski definition) is 1. The average molecular weight is 360 g/mol. The topological polar surface area (TPSA) is 72.7 Å². The van der Waals surface area contributed by atoms with Gasteiger partial charge in [0, 0.05) is 11.3 Å². The molecule has 25 heavy (non-hydrogen) atoms. The zero-order valence-corrected chi connectivity index (χ0v) is 14.3. The lowest BCUT2D eigenvalue weighted by Gasteiger charge is -2.11. The molecule has 0 spiro atoms. The minimum atomic E-state index is -0.699. The number of carbonyl (C=O) groups is 1. The van der Waals surface area contributed by atoms with Gasteiger partial charge in [0.2, 0.25) is 5.82 Å². The van der Waals surface area contributed by atoms with Gasteiger partial charge in [-0.05, 0) is 37.3 Å². The predicted molar refractivity (Wildman–Crippen MR) is 92.7 cm³/mol. The molecule has 0 radical (unpaired) electrons. The number of amides is 1. The second-order valence-electron chi connectivity index (χ2n) is 5.59. The Kier molecular flexibility index (Phi) is 4.76. The summed E-state index contributed by atoms with van der Waals surface area (Å²) in [5, 5.41) is 14.8. The van der Waals surface area contributed by atoms with E-state index in [0.717, 1.165) is 11.1 Å². The first-order valence-electron chi connectivity index (χ1n) is 7.56.